The topological polar surface area (TPSA) is 59.8 Å². The van der Waals surface area contributed by atoms with Crippen molar-refractivity contribution in [2.75, 3.05) is 5.75 Å². The van der Waals surface area contributed by atoms with Gasteiger partial charge in [0.1, 0.15) is 0 Å². The third-order valence-corrected chi connectivity index (χ3v) is 6.05. The fourth-order valence-electron chi connectivity index (χ4n) is 3.11. The van der Waals surface area contributed by atoms with E-state index in [1.807, 2.05) is 89.5 Å². The molecule has 0 saturated carbocycles. The number of hydrogen-bond donors (Lipinski definition) is 1. The summed E-state index contributed by atoms with van der Waals surface area (Å²) >= 11 is 5.06. The maximum Gasteiger partial charge on any atom is 0.221 e. The van der Waals surface area contributed by atoms with Crippen LogP contribution in [0.2, 0.25) is 0 Å². The van der Waals surface area contributed by atoms with Crippen LogP contribution in [0.5, 0.6) is 0 Å². The summed E-state index contributed by atoms with van der Waals surface area (Å²) in [5.41, 5.74) is 3.04. The predicted molar refractivity (Wildman–Crippen MR) is 128 cm³/mol. The Morgan fingerprint density at radius 3 is 2.42 bits per heavy atom. The van der Waals surface area contributed by atoms with Gasteiger partial charge in [-0.1, -0.05) is 88.4 Å². The minimum atomic E-state index is 0.0225. The van der Waals surface area contributed by atoms with Crippen molar-refractivity contribution in [3.63, 3.8) is 0 Å². The average Bonchev–Trinajstić information content (AvgIpc) is 3.23. The zero-order valence-corrected chi connectivity index (χ0v) is 19.1. The van der Waals surface area contributed by atoms with Gasteiger partial charge < -0.3 is 5.32 Å². The van der Waals surface area contributed by atoms with Crippen molar-refractivity contribution in [2.24, 2.45) is 0 Å². The molecule has 0 unspecified atom stereocenters. The fraction of sp³-hybridized carbons (Fsp3) is 0.125. The summed E-state index contributed by atoms with van der Waals surface area (Å²) in [7, 11) is 0. The van der Waals surface area contributed by atoms with Gasteiger partial charge in [0, 0.05) is 34.4 Å². The first kappa shape index (κ1) is 21.3. The number of rotatable bonds is 8. The highest BCUT2D eigenvalue weighted by molar-refractivity contribution is 9.10. The number of para-hydroxylation sites is 1. The lowest BCUT2D eigenvalue weighted by atomic mass is 10.2. The lowest BCUT2D eigenvalue weighted by Crippen LogP contribution is -2.23. The van der Waals surface area contributed by atoms with Crippen molar-refractivity contribution in [3.05, 3.63) is 95.0 Å². The summed E-state index contributed by atoms with van der Waals surface area (Å²) in [5.74, 6) is 1.40. The molecule has 4 rings (SSSR count). The lowest BCUT2D eigenvalue weighted by Gasteiger charge is -2.10. The first-order chi connectivity index (χ1) is 15.2. The van der Waals surface area contributed by atoms with Crippen molar-refractivity contribution in [3.8, 4) is 17.1 Å². The van der Waals surface area contributed by atoms with Crippen LogP contribution in [0, 0.1) is 0 Å². The lowest BCUT2D eigenvalue weighted by molar-refractivity contribution is -0.120. The Labute approximate surface area is 194 Å². The highest BCUT2D eigenvalue weighted by atomic mass is 79.9. The van der Waals surface area contributed by atoms with Gasteiger partial charge in [-0.15, -0.1) is 10.2 Å². The molecule has 1 heterocycles. The standard InChI is InChI=1S/C24H21BrN4OS/c25-20-11-7-10-19(16-20)23-27-28-24(29(23)21-12-5-2-6-13-21)31-15-14-22(30)26-17-18-8-3-1-4-9-18/h1-13,16H,14-15,17H2,(H,26,30). The van der Waals surface area contributed by atoms with Crippen LogP contribution < -0.4 is 5.32 Å². The number of nitrogens with one attached hydrogen (secondary N) is 1. The molecule has 0 spiro atoms. The molecule has 0 bridgehead atoms. The highest BCUT2D eigenvalue weighted by Crippen LogP contribution is 2.29. The van der Waals surface area contributed by atoms with Gasteiger partial charge in [0.05, 0.1) is 0 Å². The van der Waals surface area contributed by atoms with Crippen LogP contribution in [-0.4, -0.2) is 26.4 Å². The molecule has 1 aromatic heterocycles. The molecule has 1 amide bonds. The van der Waals surface area contributed by atoms with Crippen LogP contribution >= 0.6 is 27.7 Å². The van der Waals surface area contributed by atoms with Gasteiger partial charge >= 0.3 is 0 Å². The SMILES string of the molecule is O=C(CCSc1nnc(-c2cccc(Br)c2)n1-c1ccccc1)NCc1ccccc1. The number of carbonyl (C=O) groups excluding carboxylic acids is 1. The van der Waals surface area contributed by atoms with Gasteiger partial charge in [-0.05, 0) is 29.8 Å². The Morgan fingerprint density at radius 1 is 0.935 bits per heavy atom. The second-order valence-electron chi connectivity index (χ2n) is 6.85. The molecule has 0 aliphatic heterocycles. The molecule has 156 valence electrons. The van der Waals surface area contributed by atoms with Gasteiger partial charge in [0.15, 0.2) is 11.0 Å². The Balaban J connectivity index is 1.46. The van der Waals surface area contributed by atoms with E-state index in [-0.39, 0.29) is 5.91 Å². The molecular formula is C24H21BrN4OS. The normalized spacial score (nSPS) is 10.7. The molecule has 0 aliphatic rings. The molecule has 31 heavy (non-hydrogen) atoms. The maximum absolute atomic E-state index is 12.3. The molecule has 0 aliphatic carbocycles. The number of carbonyl (C=O) groups is 1. The first-order valence-electron chi connectivity index (χ1n) is 9.91. The van der Waals surface area contributed by atoms with Crippen molar-refractivity contribution in [1.82, 2.24) is 20.1 Å². The van der Waals surface area contributed by atoms with E-state index in [1.54, 1.807) is 0 Å². The monoisotopic (exact) mass is 492 g/mol. The van der Waals surface area contributed by atoms with E-state index in [0.29, 0.717) is 18.7 Å². The van der Waals surface area contributed by atoms with Crippen molar-refractivity contribution in [2.45, 2.75) is 18.1 Å². The number of benzene rings is 3. The van der Waals surface area contributed by atoms with Crippen LogP contribution in [0.3, 0.4) is 0 Å². The Hall–Kier alpha value is -2.90. The summed E-state index contributed by atoms with van der Waals surface area (Å²) in [4.78, 5) is 12.3. The zero-order chi connectivity index (χ0) is 21.5. The van der Waals surface area contributed by atoms with Crippen LogP contribution in [0.25, 0.3) is 17.1 Å². The number of halogens is 1. The largest absolute Gasteiger partial charge is 0.352 e. The zero-order valence-electron chi connectivity index (χ0n) is 16.7. The van der Waals surface area contributed by atoms with E-state index >= 15 is 0 Å². The molecule has 7 heteroatoms. The molecule has 0 atom stereocenters. The third-order valence-electron chi connectivity index (χ3n) is 4.62. The maximum atomic E-state index is 12.3. The minimum Gasteiger partial charge on any atom is -0.352 e. The summed E-state index contributed by atoms with van der Waals surface area (Å²) in [5, 5.41) is 12.6. The van der Waals surface area contributed by atoms with E-state index in [4.69, 9.17) is 0 Å². The number of amides is 1. The van der Waals surface area contributed by atoms with Crippen LogP contribution in [0.1, 0.15) is 12.0 Å². The third kappa shape index (κ3) is 5.62. The fourth-order valence-corrected chi connectivity index (χ4v) is 4.40. The van der Waals surface area contributed by atoms with E-state index in [9.17, 15) is 4.79 Å². The molecule has 3 aromatic carbocycles. The van der Waals surface area contributed by atoms with Crippen LogP contribution in [0.4, 0.5) is 0 Å². The van der Waals surface area contributed by atoms with Gasteiger partial charge in [0.2, 0.25) is 5.91 Å². The van der Waals surface area contributed by atoms with Crippen LogP contribution in [-0.2, 0) is 11.3 Å². The second kappa shape index (κ2) is 10.4. The smallest absolute Gasteiger partial charge is 0.221 e. The quantitative estimate of drug-likeness (QED) is 0.330. The van der Waals surface area contributed by atoms with Crippen LogP contribution in [0.15, 0.2) is 94.6 Å². The Kier molecular flexibility index (Phi) is 7.17. The summed E-state index contributed by atoms with van der Waals surface area (Å²) in [6.07, 6.45) is 0.408. The predicted octanol–water partition coefficient (Wildman–Crippen LogP) is 5.50. The molecule has 0 fully saturated rings. The van der Waals surface area contributed by atoms with Gasteiger partial charge in [-0.2, -0.15) is 0 Å². The number of hydrogen-bond acceptors (Lipinski definition) is 4. The van der Waals surface area contributed by atoms with Crippen molar-refractivity contribution < 1.29 is 4.79 Å². The molecule has 0 saturated heterocycles. The van der Waals surface area contributed by atoms with E-state index in [1.165, 1.54) is 11.8 Å². The second-order valence-corrected chi connectivity index (χ2v) is 8.83. The van der Waals surface area contributed by atoms with Crippen molar-refractivity contribution >= 4 is 33.6 Å². The first-order valence-corrected chi connectivity index (χ1v) is 11.7. The summed E-state index contributed by atoms with van der Waals surface area (Å²) < 4.78 is 3.02. The van der Waals surface area contributed by atoms with E-state index in [0.717, 1.165) is 32.3 Å². The molecule has 5 nitrogen and oxygen atoms in total. The van der Waals surface area contributed by atoms with E-state index in [2.05, 4.69) is 31.4 Å². The van der Waals surface area contributed by atoms with Gasteiger partial charge in [-0.3, -0.25) is 9.36 Å². The number of aromatic nitrogens is 3. The minimum absolute atomic E-state index is 0.0225. The number of thioether (sulfide) groups is 1. The number of nitrogens with zero attached hydrogens (tertiary/aromatic N) is 3. The summed E-state index contributed by atoms with van der Waals surface area (Å²) in [6, 6.07) is 27.9. The molecule has 0 radical (unpaired) electrons. The van der Waals surface area contributed by atoms with Gasteiger partial charge in [0.25, 0.3) is 0 Å². The molecular weight excluding hydrogens is 472 g/mol. The average molecular weight is 493 g/mol. The summed E-state index contributed by atoms with van der Waals surface area (Å²) in [6.45, 7) is 0.539. The Morgan fingerprint density at radius 2 is 1.68 bits per heavy atom. The Bertz CT molecular complexity index is 1150. The van der Waals surface area contributed by atoms with E-state index < -0.39 is 0 Å². The highest BCUT2D eigenvalue weighted by Gasteiger charge is 2.16. The van der Waals surface area contributed by atoms with Crippen molar-refractivity contribution in [1.29, 1.82) is 0 Å². The molecule has 1 N–H and O–H groups in total. The molecule has 4 aromatic rings. The van der Waals surface area contributed by atoms with Gasteiger partial charge in [-0.25, -0.2) is 0 Å².